The minimum Gasteiger partial charge on any atom is -0.322 e. The predicted octanol–water partition coefficient (Wildman–Crippen LogP) is 4.00. The fraction of sp³-hybridized carbons (Fsp3) is 0.0833. The first-order chi connectivity index (χ1) is 8.97. The number of aromatic nitrogens is 2. The van der Waals surface area contributed by atoms with Gasteiger partial charge in [-0.05, 0) is 30.7 Å². The van der Waals surface area contributed by atoms with E-state index in [0.29, 0.717) is 10.7 Å². The van der Waals surface area contributed by atoms with Crippen LogP contribution in [0.5, 0.6) is 0 Å². The third-order valence-electron chi connectivity index (χ3n) is 2.41. The minimum absolute atomic E-state index is 0.0124. The van der Waals surface area contributed by atoms with E-state index >= 15 is 0 Å². The summed E-state index contributed by atoms with van der Waals surface area (Å²) in [5, 5.41) is 10.4. The lowest BCUT2D eigenvalue weighted by atomic mass is 10.2. The second-order valence-electron chi connectivity index (χ2n) is 3.78. The van der Waals surface area contributed by atoms with E-state index in [1.807, 2.05) is 6.92 Å². The Morgan fingerprint density at radius 2 is 1.89 bits per heavy atom. The summed E-state index contributed by atoms with van der Waals surface area (Å²) in [5.74, 6) is -0.424. The molecule has 98 valence electrons. The Morgan fingerprint density at radius 1 is 1.16 bits per heavy atom. The standard InChI is InChI=1S/C12H8Cl3N3O/c1-6-2-3-7(13)4-9(6)16-12(19)8-5-10(14)17-18-11(8)15/h2-5H,1H3,(H,16,19). The van der Waals surface area contributed by atoms with Crippen molar-refractivity contribution < 1.29 is 4.79 Å². The summed E-state index contributed by atoms with van der Waals surface area (Å²) in [6, 6.07) is 6.55. The van der Waals surface area contributed by atoms with Gasteiger partial charge in [0.25, 0.3) is 5.91 Å². The molecule has 0 saturated heterocycles. The van der Waals surface area contributed by atoms with Gasteiger partial charge < -0.3 is 5.32 Å². The number of carbonyl (C=O) groups excluding carboxylic acids is 1. The fourth-order valence-electron chi connectivity index (χ4n) is 1.43. The molecule has 0 radical (unpaired) electrons. The molecule has 1 amide bonds. The first-order valence-electron chi connectivity index (χ1n) is 5.23. The van der Waals surface area contributed by atoms with Gasteiger partial charge in [0.15, 0.2) is 10.3 Å². The van der Waals surface area contributed by atoms with Crippen LogP contribution in [0, 0.1) is 6.92 Å². The van der Waals surface area contributed by atoms with E-state index in [-0.39, 0.29) is 15.9 Å². The Hall–Kier alpha value is -1.36. The lowest BCUT2D eigenvalue weighted by Crippen LogP contribution is -2.14. The molecule has 0 unspecified atom stereocenters. The SMILES string of the molecule is Cc1ccc(Cl)cc1NC(=O)c1cc(Cl)nnc1Cl. The van der Waals surface area contributed by atoms with Gasteiger partial charge in [-0.3, -0.25) is 4.79 Å². The van der Waals surface area contributed by atoms with Crippen LogP contribution in [0.1, 0.15) is 15.9 Å². The maximum Gasteiger partial charge on any atom is 0.258 e. The number of nitrogens with one attached hydrogen (secondary N) is 1. The van der Waals surface area contributed by atoms with Crippen molar-refractivity contribution in [3.63, 3.8) is 0 Å². The number of amides is 1. The van der Waals surface area contributed by atoms with E-state index in [4.69, 9.17) is 34.8 Å². The molecular weight excluding hydrogens is 309 g/mol. The third kappa shape index (κ3) is 3.35. The highest BCUT2D eigenvalue weighted by molar-refractivity contribution is 6.34. The summed E-state index contributed by atoms with van der Waals surface area (Å²) < 4.78 is 0. The average molecular weight is 317 g/mol. The van der Waals surface area contributed by atoms with E-state index in [1.54, 1.807) is 18.2 Å². The largest absolute Gasteiger partial charge is 0.322 e. The Balaban J connectivity index is 2.30. The Labute approximate surface area is 124 Å². The van der Waals surface area contributed by atoms with Crippen molar-refractivity contribution in [1.29, 1.82) is 0 Å². The van der Waals surface area contributed by atoms with Crippen LogP contribution in [-0.4, -0.2) is 16.1 Å². The van der Waals surface area contributed by atoms with E-state index in [0.717, 1.165) is 5.56 Å². The molecule has 7 heteroatoms. The van der Waals surface area contributed by atoms with Crippen LogP contribution in [0.15, 0.2) is 24.3 Å². The summed E-state index contributed by atoms with van der Waals surface area (Å²) >= 11 is 17.4. The predicted molar refractivity (Wildman–Crippen MR) is 76.2 cm³/mol. The molecule has 1 heterocycles. The highest BCUT2D eigenvalue weighted by Gasteiger charge is 2.14. The van der Waals surface area contributed by atoms with Gasteiger partial charge in [0.05, 0.1) is 5.56 Å². The Kier molecular flexibility index (Phi) is 4.24. The molecule has 0 spiro atoms. The van der Waals surface area contributed by atoms with Crippen LogP contribution in [0.3, 0.4) is 0 Å². The maximum absolute atomic E-state index is 12.1. The van der Waals surface area contributed by atoms with E-state index < -0.39 is 5.91 Å². The molecule has 0 aliphatic rings. The Bertz CT molecular complexity index is 646. The van der Waals surface area contributed by atoms with Crippen molar-refractivity contribution in [2.45, 2.75) is 6.92 Å². The zero-order valence-corrected chi connectivity index (χ0v) is 12.0. The molecule has 1 N–H and O–H groups in total. The van der Waals surface area contributed by atoms with Gasteiger partial charge in [0.2, 0.25) is 0 Å². The molecule has 0 aliphatic carbocycles. The van der Waals surface area contributed by atoms with Crippen molar-refractivity contribution in [1.82, 2.24) is 10.2 Å². The lowest BCUT2D eigenvalue weighted by Gasteiger charge is -2.09. The molecule has 1 aromatic carbocycles. The second kappa shape index (κ2) is 5.74. The lowest BCUT2D eigenvalue weighted by molar-refractivity contribution is 0.102. The molecule has 0 fully saturated rings. The van der Waals surface area contributed by atoms with E-state index in [2.05, 4.69) is 15.5 Å². The minimum atomic E-state index is -0.424. The van der Waals surface area contributed by atoms with Crippen molar-refractivity contribution in [3.8, 4) is 0 Å². The zero-order valence-electron chi connectivity index (χ0n) is 9.75. The zero-order chi connectivity index (χ0) is 14.0. The van der Waals surface area contributed by atoms with Crippen molar-refractivity contribution in [2.24, 2.45) is 0 Å². The highest BCUT2D eigenvalue weighted by Crippen LogP contribution is 2.22. The topological polar surface area (TPSA) is 54.9 Å². The molecule has 1 aromatic heterocycles. The van der Waals surface area contributed by atoms with Gasteiger partial charge in [-0.1, -0.05) is 40.9 Å². The molecule has 0 aliphatic heterocycles. The summed E-state index contributed by atoms with van der Waals surface area (Å²) in [7, 11) is 0. The number of halogens is 3. The van der Waals surface area contributed by atoms with Gasteiger partial charge in [-0.25, -0.2) is 0 Å². The first kappa shape index (κ1) is 14.1. The van der Waals surface area contributed by atoms with Crippen LogP contribution in [0.4, 0.5) is 5.69 Å². The first-order valence-corrected chi connectivity index (χ1v) is 6.37. The van der Waals surface area contributed by atoms with Gasteiger partial charge in [-0.15, -0.1) is 10.2 Å². The van der Waals surface area contributed by atoms with Crippen LogP contribution in [-0.2, 0) is 0 Å². The quantitative estimate of drug-likeness (QED) is 0.911. The number of carbonyl (C=O) groups is 1. The number of rotatable bonds is 2. The van der Waals surface area contributed by atoms with Crippen LogP contribution >= 0.6 is 34.8 Å². The maximum atomic E-state index is 12.1. The monoisotopic (exact) mass is 315 g/mol. The highest BCUT2D eigenvalue weighted by atomic mass is 35.5. The van der Waals surface area contributed by atoms with Crippen LogP contribution < -0.4 is 5.32 Å². The molecular formula is C12H8Cl3N3O. The number of nitrogens with zero attached hydrogens (tertiary/aromatic N) is 2. The molecule has 0 bridgehead atoms. The van der Waals surface area contributed by atoms with Crippen LogP contribution in [0.25, 0.3) is 0 Å². The summed E-state index contributed by atoms with van der Waals surface area (Å²) in [5.41, 5.74) is 1.63. The summed E-state index contributed by atoms with van der Waals surface area (Å²) in [6.45, 7) is 1.85. The van der Waals surface area contributed by atoms with E-state index in [1.165, 1.54) is 6.07 Å². The molecule has 19 heavy (non-hydrogen) atoms. The fourth-order valence-corrected chi connectivity index (χ4v) is 1.93. The molecule has 0 atom stereocenters. The van der Waals surface area contributed by atoms with Gasteiger partial charge in [0.1, 0.15) is 0 Å². The van der Waals surface area contributed by atoms with Crippen molar-refractivity contribution in [3.05, 3.63) is 50.7 Å². The molecule has 0 saturated carbocycles. The molecule has 4 nitrogen and oxygen atoms in total. The van der Waals surface area contributed by atoms with Crippen molar-refractivity contribution in [2.75, 3.05) is 5.32 Å². The van der Waals surface area contributed by atoms with E-state index in [9.17, 15) is 4.79 Å². The summed E-state index contributed by atoms with van der Waals surface area (Å²) in [6.07, 6.45) is 0. The normalized spacial score (nSPS) is 10.3. The number of benzene rings is 1. The molecule has 2 rings (SSSR count). The van der Waals surface area contributed by atoms with Crippen LogP contribution in [0.2, 0.25) is 15.3 Å². The van der Waals surface area contributed by atoms with Crippen molar-refractivity contribution >= 4 is 46.4 Å². The third-order valence-corrected chi connectivity index (χ3v) is 3.11. The number of hydrogen-bond acceptors (Lipinski definition) is 3. The van der Waals surface area contributed by atoms with Gasteiger partial charge >= 0.3 is 0 Å². The van der Waals surface area contributed by atoms with Gasteiger partial charge in [0, 0.05) is 10.7 Å². The van der Waals surface area contributed by atoms with Gasteiger partial charge in [-0.2, -0.15) is 0 Å². The Morgan fingerprint density at radius 3 is 2.63 bits per heavy atom. The second-order valence-corrected chi connectivity index (χ2v) is 4.97. The molecule has 2 aromatic rings. The smallest absolute Gasteiger partial charge is 0.258 e. The summed E-state index contributed by atoms with van der Waals surface area (Å²) in [4.78, 5) is 12.1. The average Bonchev–Trinajstić information content (AvgIpc) is 2.36. The number of aryl methyl sites for hydroxylation is 1. The number of anilines is 1. The number of hydrogen-bond donors (Lipinski definition) is 1.